The van der Waals surface area contributed by atoms with Crippen LogP contribution in [0.2, 0.25) is 0 Å². The molecule has 2 heterocycles. The van der Waals surface area contributed by atoms with Crippen LogP contribution in [0.25, 0.3) is 16.6 Å². The van der Waals surface area contributed by atoms with Crippen LogP contribution in [0.1, 0.15) is 5.56 Å². The monoisotopic (exact) mass is 252 g/mol. The fourth-order valence-corrected chi connectivity index (χ4v) is 2.39. The Balaban J connectivity index is 2.30. The van der Waals surface area contributed by atoms with Crippen molar-refractivity contribution in [2.45, 2.75) is 6.92 Å². The molecule has 0 fully saturated rings. The molecule has 0 aliphatic rings. The molecule has 0 aliphatic heterocycles. The lowest BCUT2D eigenvalue weighted by molar-refractivity contribution is 0.416. The molecule has 0 saturated carbocycles. The molecule has 3 heteroatoms. The summed E-state index contributed by atoms with van der Waals surface area (Å²) < 4.78 is 7.48. The molecule has 0 unspecified atom stereocenters. The Hall–Kier alpha value is -2.42. The molecule has 1 aromatic carbocycles. The zero-order valence-electron chi connectivity index (χ0n) is 11.1. The molecule has 19 heavy (non-hydrogen) atoms. The van der Waals surface area contributed by atoms with Crippen LogP contribution in [-0.2, 0) is 0 Å². The van der Waals surface area contributed by atoms with Gasteiger partial charge in [0.15, 0.2) is 0 Å². The second-order valence-electron chi connectivity index (χ2n) is 4.65. The summed E-state index contributed by atoms with van der Waals surface area (Å²) in [5.41, 5.74) is 11.3. The Morgan fingerprint density at radius 3 is 2.68 bits per heavy atom. The number of benzene rings is 1. The molecular formula is C16H16N2O. The second-order valence-corrected chi connectivity index (χ2v) is 4.65. The number of nitrogens with two attached hydrogens (primary N) is 1. The van der Waals surface area contributed by atoms with Crippen molar-refractivity contribution in [3.8, 4) is 16.9 Å². The van der Waals surface area contributed by atoms with Crippen LogP contribution < -0.4 is 10.5 Å². The van der Waals surface area contributed by atoms with Gasteiger partial charge in [0.1, 0.15) is 5.75 Å². The van der Waals surface area contributed by atoms with Gasteiger partial charge >= 0.3 is 0 Å². The van der Waals surface area contributed by atoms with E-state index in [1.54, 1.807) is 7.11 Å². The van der Waals surface area contributed by atoms with Crippen molar-refractivity contribution in [3.63, 3.8) is 0 Å². The number of hydrogen-bond acceptors (Lipinski definition) is 2. The number of aromatic nitrogens is 1. The summed E-state index contributed by atoms with van der Waals surface area (Å²) in [7, 11) is 1.68. The Labute approximate surface area is 112 Å². The predicted molar refractivity (Wildman–Crippen MR) is 78.5 cm³/mol. The van der Waals surface area contributed by atoms with E-state index in [1.165, 1.54) is 5.56 Å². The number of nitrogen functional groups attached to an aromatic ring is 1. The van der Waals surface area contributed by atoms with Gasteiger partial charge < -0.3 is 14.9 Å². The van der Waals surface area contributed by atoms with E-state index in [1.807, 2.05) is 47.1 Å². The van der Waals surface area contributed by atoms with Crippen molar-refractivity contribution in [2.75, 3.05) is 12.8 Å². The summed E-state index contributed by atoms with van der Waals surface area (Å²) in [6.07, 6.45) is 4.04. The first-order valence-corrected chi connectivity index (χ1v) is 6.21. The van der Waals surface area contributed by atoms with Crippen LogP contribution in [0, 0.1) is 6.92 Å². The first-order chi connectivity index (χ1) is 9.20. The third-order valence-corrected chi connectivity index (χ3v) is 3.37. The van der Waals surface area contributed by atoms with E-state index in [-0.39, 0.29) is 0 Å². The number of rotatable bonds is 2. The van der Waals surface area contributed by atoms with Gasteiger partial charge in [-0.05, 0) is 31.2 Å². The minimum absolute atomic E-state index is 0.782. The molecule has 0 aliphatic carbocycles. The predicted octanol–water partition coefficient (Wildman–Crippen LogP) is 3.51. The van der Waals surface area contributed by atoms with E-state index >= 15 is 0 Å². The Morgan fingerprint density at radius 2 is 1.95 bits per heavy atom. The van der Waals surface area contributed by atoms with Crippen LogP contribution in [0.5, 0.6) is 5.75 Å². The molecule has 96 valence electrons. The second kappa shape index (κ2) is 4.35. The van der Waals surface area contributed by atoms with Crippen molar-refractivity contribution < 1.29 is 4.74 Å². The van der Waals surface area contributed by atoms with Crippen LogP contribution in [0.3, 0.4) is 0 Å². The van der Waals surface area contributed by atoms with Crippen molar-refractivity contribution in [3.05, 3.63) is 54.4 Å². The van der Waals surface area contributed by atoms with Crippen molar-refractivity contribution >= 4 is 11.2 Å². The van der Waals surface area contributed by atoms with E-state index in [9.17, 15) is 0 Å². The Kier molecular flexibility index (Phi) is 2.67. The summed E-state index contributed by atoms with van der Waals surface area (Å²) in [5, 5.41) is 0. The highest BCUT2D eigenvalue weighted by Gasteiger charge is 2.13. The maximum absolute atomic E-state index is 6.27. The third kappa shape index (κ3) is 1.83. The topological polar surface area (TPSA) is 39.7 Å². The number of nitrogens with zero attached hydrogens (tertiary/aromatic N) is 1. The van der Waals surface area contributed by atoms with Crippen LogP contribution in [0.4, 0.5) is 5.69 Å². The average Bonchev–Trinajstić information content (AvgIpc) is 2.76. The summed E-state index contributed by atoms with van der Waals surface area (Å²) in [4.78, 5) is 0. The normalized spacial score (nSPS) is 10.8. The van der Waals surface area contributed by atoms with E-state index < -0.39 is 0 Å². The molecule has 2 aromatic heterocycles. The van der Waals surface area contributed by atoms with Crippen molar-refractivity contribution in [1.29, 1.82) is 0 Å². The number of hydrogen-bond donors (Lipinski definition) is 1. The number of methoxy groups -OCH3 is 1. The highest BCUT2D eigenvalue weighted by Crippen LogP contribution is 2.37. The highest BCUT2D eigenvalue weighted by atomic mass is 16.5. The quantitative estimate of drug-likeness (QED) is 0.758. The van der Waals surface area contributed by atoms with Crippen molar-refractivity contribution in [1.82, 2.24) is 4.40 Å². The fraction of sp³-hybridized carbons (Fsp3) is 0.125. The van der Waals surface area contributed by atoms with E-state index in [0.717, 1.165) is 28.1 Å². The first kappa shape index (κ1) is 11.7. The van der Waals surface area contributed by atoms with Gasteiger partial charge in [0.25, 0.3) is 0 Å². The van der Waals surface area contributed by atoms with E-state index in [2.05, 4.69) is 13.0 Å². The molecule has 0 atom stereocenters. The molecule has 0 radical (unpaired) electrons. The SMILES string of the molecule is COc1ccc(C)cc1-c1cn2ccccc2c1N. The van der Waals surface area contributed by atoms with Gasteiger partial charge in [-0.15, -0.1) is 0 Å². The molecular weight excluding hydrogens is 236 g/mol. The Morgan fingerprint density at radius 1 is 1.11 bits per heavy atom. The lowest BCUT2D eigenvalue weighted by atomic mass is 10.0. The minimum atomic E-state index is 0.782. The van der Waals surface area contributed by atoms with Crippen LogP contribution in [-0.4, -0.2) is 11.5 Å². The first-order valence-electron chi connectivity index (χ1n) is 6.21. The van der Waals surface area contributed by atoms with Crippen molar-refractivity contribution in [2.24, 2.45) is 0 Å². The van der Waals surface area contributed by atoms with E-state index in [0.29, 0.717) is 0 Å². The average molecular weight is 252 g/mol. The largest absolute Gasteiger partial charge is 0.496 e. The van der Waals surface area contributed by atoms with Gasteiger partial charge in [-0.25, -0.2) is 0 Å². The number of ether oxygens (including phenoxy) is 1. The lowest BCUT2D eigenvalue weighted by Gasteiger charge is -2.08. The number of pyridine rings is 1. The summed E-state index contributed by atoms with van der Waals surface area (Å²) >= 11 is 0. The standard InChI is InChI=1S/C16H16N2O/c1-11-6-7-15(19-2)12(9-11)13-10-18-8-4-3-5-14(18)16(13)17/h3-10H,17H2,1-2H3. The summed E-state index contributed by atoms with van der Waals surface area (Å²) in [5.74, 6) is 0.841. The maximum atomic E-state index is 6.27. The summed E-state index contributed by atoms with van der Waals surface area (Å²) in [6, 6.07) is 12.1. The smallest absolute Gasteiger partial charge is 0.126 e. The van der Waals surface area contributed by atoms with Gasteiger partial charge in [0.05, 0.1) is 18.3 Å². The zero-order valence-corrected chi connectivity index (χ0v) is 11.1. The molecule has 0 spiro atoms. The third-order valence-electron chi connectivity index (χ3n) is 3.37. The number of aryl methyl sites for hydroxylation is 1. The number of anilines is 1. The zero-order chi connectivity index (χ0) is 13.4. The molecule has 3 nitrogen and oxygen atoms in total. The molecule has 0 saturated heterocycles. The van der Waals surface area contributed by atoms with Gasteiger partial charge in [-0.2, -0.15) is 0 Å². The van der Waals surface area contributed by atoms with Crippen LogP contribution in [0.15, 0.2) is 48.8 Å². The van der Waals surface area contributed by atoms with Gasteiger partial charge in [0, 0.05) is 23.5 Å². The van der Waals surface area contributed by atoms with Gasteiger partial charge in [-0.3, -0.25) is 0 Å². The van der Waals surface area contributed by atoms with Gasteiger partial charge in [-0.1, -0.05) is 17.7 Å². The molecule has 2 N–H and O–H groups in total. The molecule has 3 aromatic rings. The maximum Gasteiger partial charge on any atom is 0.126 e. The number of fused-ring (bicyclic) bond motifs is 1. The van der Waals surface area contributed by atoms with Crippen LogP contribution >= 0.6 is 0 Å². The minimum Gasteiger partial charge on any atom is -0.496 e. The molecule has 0 amide bonds. The summed E-state index contributed by atoms with van der Waals surface area (Å²) in [6.45, 7) is 2.06. The fourth-order valence-electron chi connectivity index (χ4n) is 2.39. The van der Waals surface area contributed by atoms with Gasteiger partial charge in [0.2, 0.25) is 0 Å². The highest BCUT2D eigenvalue weighted by molar-refractivity contribution is 5.90. The Bertz CT molecular complexity index is 744. The molecule has 0 bridgehead atoms. The lowest BCUT2D eigenvalue weighted by Crippen LogP contribution is -1.91. The molecule has 3 rings (SSSR count). The van der Waals surface area contributed by atoms with E-state index in [4.69, 9.17) is 10.5 Å².